The standard InChI is InChI=1S/C14H20N2O2S/c15-11-3-5-13(6-4-11)18-8-7-14(17)16-12-2-1-9-19-10-12/h3-6,12H,1-2,7-10,15H2,(H,16,17). The molecular weight excluding hydrogens is 260 g/mol. The van der Waals surface area contributed by atoms with Gasteiger partial charge in [-0.25, -0.2) is 0 Å². The van der Waals surface area contributed by atoms with Crippen LogP contribution in [0, 0.1) is 0 Å². The molecule has 1 heterocycles. The van der Waals surface area contributed by atoms with Crippen molar-refractivity contribution in [3.63, 3.8) is 0 Å². The predicted octanol–water partition coefficient (Wildman–Crippen LogP) is 2.05. The Kier molecular flexibility index (Phi) is 5.39. The van der Waals surface area contributed by atoms with Crippen molar-refractivity contribution < 1.29 is 9.53 Å². The molecule has 0 saturated carbocycles. The lowest BCUT2D eigenvalue weighted by Crippen LogP contribution is -2.38. The number of nitrogens with one attached hydrogen (secondary N) is 1. The second-order valence-corrected chi connectivity index (χ2v) is 5.80. The summed E-state index contributed by atoms with van der Waals surface area (Å²) in [5.74, 6) is 3.06. The number of carbonyl (C=O) groups is 1. The van der Waals surface area contributed by atoms with Gasteiger partial charge in [-0.05, 0) is 42.9 Å². The zero-order chi connectivity index (χ0) is 13.5. The summed E-state index contributed by atoms with van der Waals surface area (Å²) in [4.78, 5) is 11.7. The van der Waals surface area contributed by atoms with Crippen LogP contribution in [0.5, 0.6) is 5.75 Å². The van der Waals surface area contributed by atoms with E-state index in [1.165, 1.54) is 12.2 Å². The van der Waals surface area contributed by atoms with Gasteiger partial charge in [0.2, 0.25) is 5.91 Å². The Labute approximate surface area is 118 Å². The van der Waals surface area contributed by atoms with Crippen LogP contribution >= 0.6 is 11.8 Å². The van der Waals surface area contributed by atoms with Gasteiger partial charge in [0.15, 0.2) is 0 Å². The summed E-state index contributed by atoms with van der Waals surface area (Å²) in [6, 6.07) is 7.53. The van der Waals surface area contributed by atoms with E-state index in [0.717, 1.165) is 17.9 Å². The highest BCUT2D eigenvalue weighted by atomic mass is 32.2. The van der Waals surface area contributed by atoms with Crippen molar-refractivity contribution in [2.75, 3.05) is 23.8 Å². The van der Waals surface area contributed by atoms with E-state index in [0.29, 0.717) is 24.8 Å². The maximum atomic E-state index is 11.7. The topological polar surface area (TPSA) is 64.3 Å². The molecule has 1 aliphatic rings. The van der Waals surface area contributed by atoms with Crippen LogP contribution < -0.4 is 15.8 Å². The molecule has 3 N–H and O–H groups in total. The van der Waals surface area contributed by atoms with Crippen molar-refractivity contribution in [3.8, 4) is 5.75 Å². The van der Waals surface area contributed by atoms with Gasteiger partial charge in [-0.2, -0.15) is 11.8 Å². The van der Waals surface area contributed by atoms with Gasteiger partial charge < -0.3 is 15.8 Å². The average Bonchev–Trinajstić information content (AvgIpc) is 2.42. The van der Waals surface area contributed by atoms with Gasteiger partial charge in [-0.3, -0.25) is 4.79 Å². The summed E-state index contributed by atoms with van der Waals surface area (Å²) in [5.41, 5.74) is 6.29. The van der Waals surface area contributed by atoms with Gasteiger partial charge in [-0.15, -0.1) is 0 Å². The molecule has 1 unspecified atom stereocenters. The van der Waals surface area contributed by atoms with Crippen LogP contribution in [-0.4, -0.2) is 30.1 Å². The third-order valence-electron chi connectivity index (χ3n) is 3.00. The molecule has 4 nitrogen and oxygen atoms in total. The van der Waals surface area contributed by atoms with Crippen LogP contribution in [0.4, 0.5) is 5.69 Å². The summed E-state index contributed by atoms with van der Waals surface area (Å²) >= 11 is 1.91. The third-order valence-corrected chi connectivity index (χ3v) is 4.22. The second kappa shape index (κ2) is 7.28. The van der Waals surface area contributed by atoms with Gasteiger partial charge in [0.05, 0.1) is 13.0 Å². The summed E-state index contributed by atoms with van der Waals surface area (Å²) in [7, 11) is 0. The number of benzene rings is 1. The summed E-state index contributed by atoms with van der Waals surface area (Å²) in [6.45, 7) is 0.398. The molecule has 0 aliphatic carbocycles. The molecule has 1 atom stereocenters. The molecule has 0 bridgehead atoms. The smallest absolute Gasteiger partial charge is 0.223 e. The SMILES string of the molecule is Nc1ccc(OCCC(=O)NC2CCCSC2)cc1. The minimum absolute atomic E-state index is 0.0722. The first kappa shape index (κ1) is 14.1. The fraction of sp³-hybridized carbons (Fsp3) is 0.500. The normalized spacial score (nSPS) is 18.8. The Morgan fingerprint density at radius 2 is 2.21 bits per heavy atom. The van der Waals surface area contributed by atoms with Gasteiger partial charge >= 0.3 is 0 Å². The van der Waals surface area contributed by atoms with E-state index in [2.05, 4.69) is 5.32 Å². The average molecular weight is 280 g/mol. The van der Waals surface area contributed by atoms with E-state index in [1.807, 2.05) is 23.9 Å². The molecule has 1 aromatic rings. The van der Waals surface area contributed by atoms with Crippen molar-refractivity contribution in [2.45, 2.75) is 25.3 Å². The first-order valence-electron chi connectivity index (χ1n) is 6.59. The lowest BCUT2D eigenvalue weighted by Gasteiger charge is -2.22. The Morgan fingerprint density at radius 1 is 1.42 bits per heavy atom. The van der Waals surface area contributed by atoms with Crippen molar-refractivity contribution in [1.29, 1.82) is 0 Å². The summed E-state index contributed by atoms with van der Waals surface area (Å²) in [6.07, 6.45) is 2.68. The minimum atomic E-state index is 0.0722. The summed E-state index contributed by atoms with van der Waals surface area (Å²) < 4.78 is 5.50. The molecule has 0 aromatic heterocycles. The molecular formula is C14H20N2O2S. The number of hydrogen-bond acceptors (Lipinski definition) is 4. The Bertz CT molecular complexity index is 402. The molecule has 104 valence electrons. The predicted molar refractivity (Wildman–Crippen MR) is 79.5 cm³/mol. The number of carbonyl (C=O) groups excluding carboxylic acids is 1. The first-order valence-corrected chi connectivity index (χ1v) is 7.75. The molecule has 1 aromatic carbocycles. The van der Waals surface area contributed by atoms with Crippen LogP contribution in [0.2, 0.25) is 0 Å². The maximum Gasteiger partial charge on any atom is 0.223 e. The fourth-order valence-electron chi connectivity index (χ4n) is 1.98. The van der Waals surface area contributed by atoms with Crippen LogP contribution in [-0.2, 0) is 4.79 Å². The lowest BCUT2D eigenvalue weighted by atomic mass is 10.2. The van der Waals surface area contributed by atoms with Gasteiger partial charge in [0.25, 0.3) is 0 Å². The molecule has 1 saturated heterocycles. The number of ether oxygens (including phenoxy) is 1. The van der Waals surface area contributed by atoms with Gasteiger partial charge in [0, 0.05) is 17.5 Å². The zero-order valence-corrected chi connectivity index (χ0v) is 11.7. The molecule has 1 amide bonds. The number of amides is 1. The highest BCUT2D eigenvalue weighted by Crippen LogP contribution is 2.17. The quantitative estimate of drug-likeness (QED) is 0.810. The molecule has 0 spiro atoms. The maximum absolute atomic E-state index is 11.7. The second-order valence-electron chi connectivity index (χ2n) is 4.65. The number of anilines is 1. The Hall–Kier alpha value is -1.36. The molecule has 1 aliphatic heterocycles. The van der Waals surface area contributed by atoms with Crippen LogP contribution in [0.3, 0.4) is 0 Å². The third kappa shape index (κ3) is 5.03. The first-order chi connectivity index (χ1) is 9.24. The Balaban J connectivity index is 1.64. The fourth-order valence-corrected chi connectivity index (χ4v) is 3.05. The monoisotopic (exact) mass is 280 g/mol. The van der Waals surface area contributed by atoms with Crippen LogP contribution in [0.25, 0.3) is 0 Å². The van der Waals surface area contributed by atoms with E-state index in [-0.39, 0.29) is 5.91 Å². The van der Waals surface area contributed by atoms with E-state index in [4.69, 9.17) is 10.5 Å². The number of thioether (sulfide) groups is 1. The Morgan fingerprint density at radius 3 is 2.89 bits per heavy atom. The largest absolute Gasteiger partial charge is 0.493 e. The lowest BCUT2D eigenvalue weighted by molar-refractivity contribution is -0.122. The van der Waals surface area contributed by atoms with E-state index >= 15 is 0 Å². The minimum Gasteiger partial charge on any atom is -0.493 e. The number of nitrogens with two attached hydrogens (primary N) is 1. The van der Waals surface area contributed by atoms with Crippen molar-refractivity contribution in [1.82, 2.24) is 5.32 Å². The van der Waals surface area contributed by atoms with Crippen LogP contribution in [0.15, 0.2) is 24.3 Å². The number of rotatable bonds is 5. The van der Waals surface area contributed by atoms with E-state index < -0.39 is 0 Å². The zero-order valence-electron chi connectivity index (χ0n) is 10.9. The molecule has 5 heteroatoms. The van der Waals surface area contributed by atoms with Crippen LogP contribution in [0.1, 0.15) is 19.3 Å². The molecule has 1 fully saturated rings. The highest BCUT2D eigenvalue weighted by molar-refractivity contribution is 7.99. The van der Waals surface area contributed by atoms with Gasteiger partial charge in [-0.1, -0.05) is 0 Å². The molecule has 2 rings (SSSR count). The number of hydrogen-bond donors (Lipinski definition) is 2. The number of nitrogen functional groups attached to an aromatic ring is 1. The van der Waals surface area contributed by atoms with Crippen molar-refractivity contribution in [2.24, 2.45) is 0 Å². The summed E-state index contributed by atoms with van der Waals surface area (Å²) in [5, 5.41) is 3.05. The highest BCUT2D eigenvalue weighted by Gasteiger charge is 2.15. The van der Waals surface area contributed by atoms with Gasteiger partial charge in [0.1, 0.15) is 5.75 Å². The molecule has 0 radical (unpaired) electrons. The van der Waals surface area contributed by atoms with Crippen molar-refractivity contribution in [3.05, 3.63) is 24.3 Å². The van der Waals surface area contributed by atoms with E-state index in [9.17, 15) is 4.79 Å². The van der Waals surface area contributed by atoms with Crippen molar-refractivity contribution >= 4 is 23.4 Å². The molecule has 19 heavy (non-hydrogen) atoms. The van der Waals surface area contributed by atoms with E-state index in [1.54, 1.807) is 12.1 Å².